The first-order chi connectivity index (χ1) is 18.5. The van der Waals surface area contributed by atoms with E-state index in [9.17, 15) is 14.0 Å². The van der Waals surface area contributed by atoms with E-state index in [2.05, 4.69) is 12.1 Å². The molecule has 3 aromatic rings. The van der Waals surface area contributed by atoms with Gasteiger partial charge in [-0.05, 0) is 53.8 Å². The fraction of sp³-hybridized carbons (Fsp3) is 0.312. The zero-order valence-corrected chi connectivity index (χ0v) is 21.5. The molecule has 1 saturated carbocycles. The largest absolute Gasteiger partial charge is 0.496 e. The van der Waals surface area contributed by atoms with Gasteiger partial charge in [0.15, 0.2) is 0 Å². The minimum absolute atomic E-state index is 0.0607. The van der Waals surface area contributed by atoms with Crippen molar-refractivity contribution in [3.05, 3.63) is 107 Å². The molecule has 1 amide bonds. The molecule has 3 aliphatic carbocycles. The summed E-state index contributed by atoms with van der Waals surface area (Å²) >= 11 is 0. The first kappa shape index (κ1) is 24.4. The highest BCUT2D eigenvalue weighted by molar-refractivity contribution is 5.94. The second kappa shape index (κ2) is 9.12. The molecule has 194 valence electrons. The summed E-state index contributed by atoms with van der Waals surface area (Å²) < 4.78 is 24.9. The minimum atomic E-state index is -0.885. The second-order valence-corrected chi connectivity index (χ2v) is 10.5. The van der Waals surface area contributed by atoms with Crippen molar-refractivity contribution in [2.75, 3.05) is 27.3 Å². The fourth-order valence-corrected chi connectivity index (χ4v) is 7.61. The lowest BCUT2D eigenvalue weighted by Crippen LogP contribution is -2.60. The van der Waals surface area contributed by atoms with Gasteiger partial charge in [0.1, 0.15) is 11.6 Å². The Morgan fingerprint density at radius 1 is 1.00 bits per heavy atom. The smallest absolute Gasteiger partial charge is 0.314 e. The van der Waals surface area contributed by atoms with Gasteiger partial charge in [-0.15, -0.1) is 0 Å². The molecule has 0 aromatic heterocycles. The van der Waals surface area contributed by atoms with E-state index in [0.717, 1.165) is 29.5 Å². The Kier molecular flexibility index (Phi) is 5.86. The topological polar surface area (TPSA) is 55.8 Å². The van der Waals surface area contributed by atoms with Crippen molar-refractivity contribution in [3.63, 3.8) is 0 Å². The predicted molar refractivity (Wildman–Crippen MR) is 142 cm³/mol. The quantitative estimate of drug-likeness (QED) is 0.343. The Balaban J connectivity index is 1.46. The lowest BCUT2D eigenvalue weighted by Gasteiger charge is -2.59. The third kappa shape index (κ3) is 3.35. The first-order valence-corrected chi connectivity index (χ1v) is 13.0. The highest BCUT2D eigenvalue weighted by atomic mass is 19.1. The van der Waals surface area contributed by atoms with E-state index >= 15 is 0 Å². The molecular formula is C32H30FNO4. The molecule has 7 rings (SSSR count). The number of carbonyl (C=O) groups is 2. The third-order valence-corrected chi connectivity index (χ3v) is 9.12. The Morgan fingerprint density at radius 3 is 2.50 bits per heavy atom. The van der Waals surface area contributed by atoms with E-state index in [1.165, 1.54) is 24.8 Å². The summed E-state index contributed by atoms with van der Waals surface area (Å²) in [6.07, 6.45) is 4.93. The van der Waals surface area contributed by atoms with Gasteiger partial charge in [-0.2, -0.15) is 0 Å². The van der Waals surface area contributed by atoms with E-state index in [1.807, 2.05) is 48.5 Å². The first-order valence-electron chi connectivity index (χ1n) is 13.0. The Hall–Kier alpha value is -3.93. The van der Waals surface area contributed by atoms with Crippen LogP contribution >= 0.6 is 0 Å². The number of hydrogen-bond acceptors (Lipinski definition) is 4. The van der Waals surface area contributed by atoms with Gasteiger partial charge < -0.3 is 14.4 Å². The van der Waals surface area contributed by atoms with Gasteiger partial charge in [0, 0.05) is 42.0 Å². The molecular weight excluding hydrogens is 481 g/mol. The van der Waals surface area contributed by atoms with Gasteiger partial charge in [0.05, 0.1) is 19.6 Å². The molecule has 6 heteroatoms. The van der Waals surface area contributed by atoms with Crippen LogP contribution in [0.5, 0.6) is 5.75 Å². The molecule has 3 aromatic carbocycles. The number of methoxy groups -OCH3 is 2. The van der Waals surface area contributed by atoms with E-state index < -0.39 is 10.8 Å². The van der Waals surface area contributed by atoms with Crippen LogP contribution in [-0.2, 0) is 19.7 Å². The van der Waals surface area contributed by atoms with Crippen LogP contribution in [0.2, 0.25) is 0 Å². The van der Waals surface area contributed by atoms with E-state index in [4.69, 9.17) is 9.47 Å². The monoisotopic (exact) mass is 511 g/mol. The number of ether oxygens (including phenoxy) is 2. The Labute approximate surface area is 221 Å². The van der Waals surface area contributed by atoms with E-state index in [0.29, 0.717) is 12.3 Å². The molecule has 4 aliphatic rings. The van der Waals surface area contributed by atoms with Crippen molar-refractivity contribution in [1.29, 1.82) is 0 Å². The predicted octanol–water partition coefficient (Wildman–Crippen LogP) is 5.34. The highest BCUT2D eigenvalue weighted by Crippen LogP contribution is 2.69. The number of hydrogen-bond donors (Lipinski definition) is 0. The lowest BCUT2D eigenvalue weighted by atomic mass is 9.42. The SMILES string of the molecule is COC(=O)[C@]12CN(C(=O)/C=C/c3ccccc3OC)C[C@H]1[C@]1(c3ccc(F)cc3)CC[C@H]2c2ccccc21. The average molecular weight is 512 g/mol. The molecule has 0 N–H and O–H groups in total. The van der Waals surface area contributed by atoms with Gasteiger partial charge in [0.2, 0.25) is 5.91 Å². The van der Waals surface area contributed by atoms with E-state index in [-0.39, 0.29) is 36.1 Å². The van der Waals surface area contributed by atoms with Crippen LogP contribution < -0.4 is 4.74 Å². The molecule has 1 heterocycles. The van der Waals surface area contributed by atoms with E-state index in [1.54, 1.807) is 24.2 Å². The standard InChI is InChI=1S/C32H30FNO4/c1-37-27-10-6-3-7-21(27)11-16-29(35)34-19-28-31(22-12-14-23(33)15-13-22)18-17-26(24-8-4-5-9-25(24)31)32(28,20-34)30(36)38-2/h3-16,26,28H,17-20H2,1-2H3/b16-11+/t26-,28-,31-,32-/m0/s1. The molecule has 0 unspecified atom stereocenters. The molecule has 0 spiro atoms. The number of carbonyl (C=O) groups excluding carboxylic acids is 2. The highest BCUT2D eigenvalue weighted by Gasteiger charge is 2.71. The maximum Gasteiger partial charge on any atom is 0.314 e. The van der Waals surface area contributed by atoms with Gasteiger partial charge in [0.25, 0.3) is 0 Å². The molecule has 5 nitrogen and oxygen atoms in total. The summed E-state index contributed by atoms with van der Waals surface area (Å²) in [6.45, 7) is 0.688. The molecule has 4 atom stereocenters. The van der Waals surface area contributed by atoms with Crippen LogP contribution in [0.1, 0.15) is 41.0 Å². The molecule has 0 radical (unpaired) electrons. The maximum atomic E-state index is 14.0. The van der Waals surface area contributed by atoms with Crippen LogP contribution in [0.25, 0.3) is 6.08 Å². The maximum absolute atomic E-state index is 14.0. The number of fused-ring (bicyclic) bond motifs is 1. The van der Waals surface area contributed by atoms with Crippen molar-refractivity contribution < 1.29 is 23.5 Å². The van der Waals surface area contributed by atoms with Gasteiger partial charge >= 0.3 is 5.97 Å². The number of benzene rings is 3. The molecule has 1 aliphatic heterocycles. The second-order valence-electron chi connectivity index (χ2n) is 10.5. The number of rotatable bonds is 5. The Bertz CT molecular complexity index is 1430. The average Bonchev–Trinajstić information content (AvgIpc) is 3.40. The molecule has 2 fully saturated rings. The summed E-state index contributed by atoms with van der Waals surface area (Å²) in [5.41, 5.74) is 2.66. The van der Waals surface area contributed by atoms with Crippen LogP contribution in [0, 0.1) is 17.2 Å². The number of amides is 1. The summed E-state index contributed by atoms with van der Waals surface area (Å²) in [7, 11) is 3.03. The number of likely N-dealkylation sites (tertiary alicyclic amines) is 1. The third-order valence-electron chi connectivity index (χ3n) is 9.12. The number of esters is 1. The van der Waals surface area contributed by atoms with Crippen molar-refractivity contribution in [2.45, 2.75) is 24.2 Å². The minimum Gasteiger partial charge on any atom is -0.496 e. The summed E-state index contributed by atoms with van der Waals surface area (Å²) in [5, 5.41) is 0. The van der Waals surface area contributed by atoms with Crippen LogP contribution in [-0.4, -0.2) is 44.1 Å². The normalized spacial score (nSPS) is 27.2. The number of para-hydroxylation sites is 1. The summed E-state index contributed by atoms with van der Waals surface area (Å²) in [4.78, 5) is 29.2. The van der Waals surface area contributed by atoms with Crippen LogP contribution in [0.3, 0.4) is 0 Å². The van der Waals surface area contributed by atoms with Crippen molar-refractivity contribution >= 4 is 18.0 Å². The molecule has 1 saturated heterocycles. The number of nitrogens with zero attached hydrogens (tertiary/aromatic N) is 1. The van der Waals surface area contributed by atoms with Crippen molar-refractivity contribution in [3.8, 4) is 5.75 Å². The van der Waals surface area contributed by atoms with Gasteiger partial charge in [-0.25, -0.2) is 4.39 Å². The zero-order chi connectivity index (χ0) is 26.5. The molecule has 38 heavy (non-hydrogen) atoms. The van der Waals surface area contributed by atoms with Gasteiger partial charge in [-0.3, -0.25) is 9.59 Å². The van der Waals surface area contributed by atoms with Crippen molar-refractivity contribution in [1.82, 2.24) is 4.90 Å². The van der Waals surface area contributed by atoms with Gasteiger partial charge in [-0.1, -0.05) is 54.6 Å². The van der Waals surface area contributed by atoms with Crippen LogP contribution in [0.4, 0.5) is 4.39 Å². The number of halogens is 1. The summed E-state index contributed by atoms with van der Waals surface area (Å²) in [6, 6.07) is 22.4. The molecule has 2 bridgehead atoms. The fourth-order valence-electron chi connectivity index (χ4n) is 7.61. The van der Waals surface area contributed by atoms with Crippen LogP contribution in [0.15, 0.2) is 78.9 Å². The zero-order valence-electron chi connectivity index (χ0n) is 21.5. The Morgan fingerprint density at radius 2 is 1.74 bits per heavy atom. The van der Waals surface area contributed by atoms with Crippen molar-refractivity contribution in [2.24, 2.45) is 11.3 Å². The summed E-state index contributed by atoms with van der Waals surface area (Å²) in [5.74, 6) is -0.323. The lowest BCUT2D eigenvalue weighted by molar-refractivity contribution is -0.161.